The minimum atomic E-state index is -0.0882. The summed E-state index contributed by atoms with van der Waals surface area (Å²) in [6.07, 6.45) is -0.0882. The Morgan fingerprint density at radius 3 is 2.29 bits per heavy atom. The van der Waals surface area contributed by atoms with Gasteiger partial charge in [-0.3, -0.25) is 5.43 Å². The zero-order chi connectivity index (χ0) is 15.4. The summed E-state index contributed by atoms with van der Waals surface area (Å²) in [6, 6.07) is 5.28. The SMILES string of the molecule is CC(C)Oc1nc(NN)nc(Nc2c(Cl)cccc2Cl)n1. The van der Waals surface area contributed by atoms with Crippen molar-refractivity contribution >= 4 is 40.8 Å². The summed E-state index contributed by atoms with van der Waals surface area (Å²) in [5.41, 5.74) is 2.84. The molecule has 21 heavy (non-hydrogen) atoms. The molecular formula is C12H14Cl2N6O. The quantitative estimate of drug-likeness (QED) is 0.573. The predicted molar refractivity (Wildman–Crippen MR) is 83.1 cm³/mol. The highest BCUT2D eigenvalue weighted by Gasteiger charge is 2.12. The van der Waals surface area contributed by atoms with Gasteiger partial charge in [0, 0.05) is 0 Å². The Kier molecular flexibility index (Phi) is 5.00. The van der Waals surface area contributed by atoms with E-state index >= 15 is 0 Å². The van der Waals surface area contributed by atoms with E-state index in [1.807, 2.05) is 13.8 Å². The van der Waals surface area contributed by atoms with Crippen LogP contribution < -0.4 is 21.3 Å². The topological polar surface area (TPSA) is 98.0 Å². The second-order valence-corrected chi connectivity index (χ2v) is 5.11. The number of anilines is 3. The highest BCUT2D eigenvalue weighted by atomic mass is 35.5. The van der Waals surface area contributed by atoms with Crippen molar-refractivity contribution in [1.29, 1.82) is 0 Å². The molecule has 0 saturated heterocycles. The zero-order valence-electron chi connectivity index (χ0n) is 11.4. The Morgan fingerprint density at radius 2 is 1.71 bits per heavy atom. The van der Waals surface area contributed by atoms with Crippen molar-refractivity contribution in [2.75, 3.05) is 10.7 Å². The number of halogens is 2. The fraction of sp³-hybridized carbons (Fsp3) is 0.250. The number of hydrazine groups is 1. The number of rotatable bonds is 5. The van der Waals surface area contributed by atoms with Crippen LogP contribution in [0, 0.1) is 0 Å². The van der Waals surface area contributed by atoms with E-state index in [4.69, 9.17) is 33.8 Å². The lowest BCUT2D eigenvalue weighted by atomic mass is 10.3. The van der Waals surface area contributed by atoms with Gasteiger partial charge in [0.25, 0.3) is 0 Å². The van der Waals surface area contributed by atoms with Crippen LogP contribution in [0.3, 0.4) is 0 Å². The molecule has 0 aliphatic carbocycles. The number of hydrogen-bond donors (Lipinski definition) is 3. The van der Waals surface area contributed by atoms with Gasteiger partial charge in [-0.15, -0.1) is 0 Å². The van der Waals surface area contributed by atoms with E-state index in [1.165, 1.54) is 0 Å². The number of aromatic nitrogens is 3. The average Bonchev–Trinajstić information content (AvgIpc) is 2.42. The highest BCUT2D eigenvalue weighted by Crippen LogP contribution is 2.32. The molecule has 1 aromatic carbocycles. The first-order valence-electron chi connectivity index (χ1n) is 6.10. The molecule has 9 heteroatoms. The van der Waals surface area contributed by atoms with Crippen LogP contribution in [-0.2, 0) is 0 Å². The van der Waals surface area contributed by atoms with Crippen LogP contribution in [0.4, 0.5) is 17.6 Å². The van der Waals surface area contributed by atoms with Crippen molar-refractivity contribution in [3.63, 3.8) is 0 Å². The van der Waals surface area contributed by atoms with Crippen LogP contribution in [0.15, 0.2) is 18.2 Å². The van der Waals surface area contributed by atoms with Gasteiger partial charge >= 0.3 is 6.01 Å². The first-order chi connectivity index (χ1) is 9.99. The molecule has 2 aromatic rings. The first-order valence-corrected chi connectivity index (χ1v) is 6.85. The highest BCUT2D eigenvalue weighted by molar-refractivity contribution is 6.39. The molecule has 4 N–H and O–H groups in total. The molecule has 0 bridgehead atoms. The van der Waals surface area contributed by atoms with Gasteiger partial charge in [-0.1, -0.05) is 29.3 Å². The number of benzene rings is 1. The smallest absolute Gasteiger partial charge is 0.323 e. The van der Waals surface area contributed by atoms with Crippen molar-refractivity contribution in [1.82, 2.24) is 15.0 Å². The zero-order valence-corrected chi connectivity index (χ0v) is 12.9. The Balaban J connectivity index is 2.35. The van der Waals surface area contributed by atoms with Gasteiger partial charge in [0.1, 0.15) is 0 Å². The molecule has 2 rings (SSSR count). The third-order valence-electron chi connectivity index (χ3n) is 2.28. The minimum Gasteiger partial charge on any atom is -0.461 e. The standard InChI is InChI=1S/C12H14Cl2N6O/c1-6(2)21-12-18-10(17-11(19-12)20-15)16-9-7(13)4-3-5-8(9)14/h3-6H,15H2,1-2H3,(H2,16,17,18,19,20). The Hall–Kier alpha value is -1.83. The molecule has 1 heterocycles. The van der Waals surface area contributed by atoms with Gasteiger partial charge in [0.05, 0.1) is 21.8 Å². The fourth-order valence-electron chi connectivity index (χ4n) is 1.47. The second kappa shape index (κ2) is 6.75. The first kappa shape index (κ1) is 15.6. The van der Waals surface area contributed by atoms with Crippen molar-refractivity contribution in [3.05, 3.63) is 28.2 Å². The van der Waals surface area contributed by atoms with E-state index in [1.54, 1.807) is 18.2 Å². The predicted octanol–water partition coefficient (Wildman–Crippen LogP) is 2.99. The molecule has 0 unspecified atom stereocenters. The maximum atomic E-state index is 6.09. The Bertz CT molecular complexity index is 617. The molecule has 1 aromatic heterocycles. The molecule has 112 valence electrons. The number of ether oxygens (including phenoxy) is 1. The maximum absolute atomic E-state index is 6.09. The summed E-state index contributed by atoms with van der Waals surface area (Å²) in [6.45, 7) is 3.72. The molecular weight excluding hydrogens is 315 g/mol. The van der Waals surface area contributed by atoms with E-state index in [-0.39, 0.29) is 24.0 Å². The number of para-hydroxylation sites is 1. The van der Waals surface area contributed by atoms with Gasteiger partial charge in [0.15, 0.2) is 0 Å². The number of nitrogens with two attached hydrogens (primary N) is 1. The van der Waals surface area contributed by atoms with Crippen LogP contribution in [0.25, 0.3) is 0 Å². The summed E-state index contributed by atoms with van der Waals surface area (Å²) in [5.74, 6) is 5.70. The Labute approximate surface area is 131 Å². The third-order valence-corrected chi connectivity index (χ3v) is 2.91. The second-order valence-electron chi connectivity index (χ2n) is 4.30. The van der Waals surface area contributed by atoms with Crippen molar-refractivity contribution in [2.24, 2.45) is 5.84 Å². The molecule has 0 aliphatic heterocycles. The van der Waals surface area contributed by atoms with E-state index in [0.717, 1.165) is 0 Å². The van der Waals surface area contributed by atoms with Crippen molar-refractivity contribution in [3.8, 4) is 6.01 Å². The lowest BCUT2D eigenvalue weighted by Gasteiger charge is -2.12. The molecule has 0 aliphatic rings. The maximum Gasteiger partial charge on any atom is 0.323 e. The van der Waals surface area contributed by atoms with Gasteiger partial charge in [-0.2, -0.15) is 15.0 Å². The molecule has 0 spiro atoms. The van der Waals surface area contributed by atoms with Crippen LogP contribution in [0.5, 0.6) is 6.01 Å². The van der Waals surface area contributed by atoms with Gasteiger partial charge in [-0.05, 0) is 26.0 Å². The molecule has 0 fully saturated rings. The third kappa shape index (κ3) is 4.07. The molecule has 7 nitrogen and oxygen atoms in total. The number of nitrogens with one attached hydrogen (secondary N) is 2. The summed E-state index contributed by atoms with van der Waals surface area (Å²) >= 11 is 12.2. The minimum absolute atomic E-state index is 0.0882. The fourth-order valence-corrected chi connectivity index (χ4v) is 1.96. The van der Waals surface area contributed by atoms with Crippen LogP contribution >= 0.6 is 23.2 Å². The van der Waals surface area contributed by atoms with Gasteiger partial charge in [0.2, 0.25) is 11.9 Å². The lowest BCUT2D eigenvalue weighted by Crippen LogP contribution is -2.15. The summed E-state index contributed by atoms with van der Waals surface area (Å²) in [5, 5.41) is 3.81. The number of nitrogen functional groups attached to an aromatic ring is 1. The lowest BCUT2D eigenvalue weighted by molar-refractivity contribution is 0.222. The van der Waals surface area contributed by atoms with Crippen LogP contribution in [0.2, 0.25) is 10.0 Å². The Morgan fingerprint density at radius 1 is 1.10 bits per heavy atom. The van der Waals surface area contributed by atoms with E-state index < -0.39 is 0 Å². The van der Waals surface area contributed by atoms with Gasteiger partial charge < -0.3 is 10.1 Å². The van der Waals surface area contributed by atoms with E-state index in [2.05, 4.69) is 25.7 Å². The summed E-state index contributed by atoms with van der Waals surface area (Å²) < 4.78 is 5.43. The largest absolute Gasteiger partial charge is 0.461 e. The monoisotopic (exact) mass is 328 g/mol. The van der Waals surface area contributed by atoms with E-state index in [9.17, 15) is 0 Å². The number of hydrogen-bond acceptors (Lipinski definition) is 7. The van der Waals surface area contributed by atoms with Crippen LogP contribution in [0.1, 0.15) is 13.8 Å². The molecule has 0 radical (unpaired) electrons. The average molecular weight is 329 g/mol. The molecule has 0 atom stereocenters. The summed E-state index contributed by atoms with van der Waals surface area (Å²) in [7, 11) is 0. The number of nitrogens with zero attached hydrogens (tertiary/aromatic N) is 3. The van der Waals surface area contributed by atoms with E-state index in [0.29, 0.717) is 15.7 Å². The molecule has 0 saturated carbocycles. The normalized spacial score (nSPS) is 10.6. The van der Waals surface area contributed by atoms with Crippen molar-refractivity contribution in [2.45, 2.75) is 20.0 Å². The van der Waals surface area contributed by atoms with Crippen molar-refractivity contribution < 1.29 is 4.74 Å². The van der Waals surface area contributed by atoms with Crippen LogP contribution in [-0.4, -0.2) is 21.1 Å². The summed E-state index contributed by atoms with van der Waals surface area (Å²) in [4.78, 5) is 12.2. The van der Waals surface area contributed by atoms with Gasteiger partial charge in [-0.25, -0.2) is 5.84 Å². The molecule has 0 amide bonds.